The van der Waals surface area contributed by atoms with Crippen LogP contribution in [0.2, 0.25) is 0 Å². The number of nitrogens with zero attached hydrogens (tertiary/aromatic N) is 1. The zero-order valence-corrected chi connectivity index (χ0v) is 17.1. The van der Waals surface area contributed by atoms with Crippen molar-refractivity contribution < 1.29 is 18.9 Å². The van der Waals surface area contributed by atoms with Gasteiger partial charge in [0.25, 0.3) is 0 Å². The molecule has 0 atom stereocenters. The molecule has 0 spiro atoms. The van der Waals surface area contributed by atoms with E-state index in [1.165, 1.54) is 0 Å². The molecule has 1 aliphatic rings. The van der Waals surface area contributed by atoms with E-state index in [1.807, 2.05) is 42.5 Å². The Kier molecular flexibility index (Phi) is 8.01. The number of hydrogen-bond donors (Lipinski definition) is 2. The van der Waals surface area contributed by atoms with E-state index in [1.54, 1.807) is 14.2 Å². The second kappa shape index (κ2) is 11.2. The predicted octanol–water partition coefficient (Wildman–Crippen LogP) is 3.45. The molecular weight excluding hydrogens is 370 g/mol. The standard InChI is InChI=1S/C22H29N3O4/c1-23-22(25-18-6-3-7-19(15-18)27-11-4-10-26-2)24-16-17-8-9-20-21(14-17)29-13-5-12-28-20/h3,6-9,14-15H,4-5,10-13,16H2,1-2H3,(H2,23,24,25). The molecule has 156 valence electrons. The van der Waals surface area contributed by atoms with Crippen LogP contribution in [-0.4, -0.2) is 46.5 Å². The maximum Gasteiger partial charge on any atom is 0.195 e. The lowest BCUT2D eigenvalue weighted by Crippen LogP contribution is -2.30. The van der Waals surface area contributed by atoms with Crippen molar-refractivity contribution in [2.45, 2.75) is 19.4 Å². The molecule has 1 heterocycles. The Morgan fingerprint density at radius 1 is 1.07 bits per heavy atom. The van der Waals surface area contributed by atoms with E-state index in [0.717, 1.165) is 41.3 Å². The molecule has 0 fully saturated rings. The highest BCUT2D eigenvalue weighted by Gasteiger charge is 2.11. The molecule has 7 heteroatoms. The lowest BCUT2D eigenvalue weighted by Gasteiger charge is -2.14. The predicted molar refractivity (Wildman–Crippen MR) is 114 cm³/mol. The molecule has 2 aromatic carbocycles. The Hall–Kier alpha value is -2.93. The van der Waals surface area contributed by atoms with Gasteiger partial charge in [-0.1, -0.05) is 12.1 Å². The van der Waals surface area contributed by atoms with Crippen LogP contribution < -0.4 is 24.8 Å². The lowest BCUT2D eigenvalue weighted by molar-refractivity contribution is 0.172. The molecule has 0 radical (unpaired) electrons. The van der Waals surface area contributed by atoms with Crippen LogP contribution >= 0.6 is 0 Å². The van der Waals surface area contributed by atoms with Crippen LogP contribution in [-0.2, 0) is 11.3 Å². The van der Waals surface area contributed by atoms with E-state index in [4.69, 9.17) is 18.9 Å². The number of fused-ring (bicyclic) bond motifs is 1. The van der Waals surface area contributed by atoms with Gasteiger partial charge in [-0.25, -0.2) is 0 Å². The van der Waals surface area contributed by atoms with Crippen molar-refractivity contribution in [3.05, 3.63) is 48.0 Å². The van der Waals surface area contributed by atoms with Gasteiger partial charge in [-0.15, -0.1) is 0 Å². The van der Waals surface area contributed by atoms with Crippen LogP contribution in [0.1, 0.15) is 18.4 Å². The number of hydrogen-bond acceptors (Lipinski definition) is 5. The van der Waals surface area contributed by atoms with Gasteiger partial charge in [-0.05, 0) is 29.8 Å². The summed E-state index contributed by atoms with van der Waals surface area (Å²) >= 11 is 0. The highest BCUT2D eigenvalue weighted by Crippen LogP contribution is 2.30. The fourth-order valence-electron chi connectivity index (χ4n) is 2.88. The number of ether oxygens (including phenoxy) is 4. The van der Waals surface area contributed by atoms with E-state index in [-0.39, 0.29) is 0 Å². The minimum atomic E-state index is 0.615. The van der Waals surface area contributed by atoms with Crippen molar-refractivity contribution in [3.8, 4) is 17.2 Å². The summed E-state index contributed by atoms with van der Waals surface area (Å²) in [5.41, 5.74) is 1.99. The number of nitrogens with one attached hydrogen (secondary N) is 2. The van der Waals surface area contributed by atoms with Crippen LogP contribution in [0.3, 0.4) is 0 Å². The minimum Gasteiger partial charge on any atom is -0.493 e. The monoisotopic (exact) mass is 399 g/mol. The van der Waals surface area contributed by atoms with Gasteiger partial charge in [-0.2, -0.15) is 0 Å². The molecule has 0 unspecified atom stereocenters. The van der Waals surface area contributed by atoms with Crippen molar-refractivity contribution in [1.29, 1.82) is 0 Å². The highest BCUT2D eigenvalue weighted by molar-refractivity contribution is 5.93. The summed E-state index contributed by atoms with van der Waals surface area (Å²) in [4.78, 5) is 4.30. The molecule has 29 heavy (non-hydrogen) atoms. The summed E-state index contributed by atoms with van der Waals surface area (Å²) in [5, 5.41) is 6.61. The first-order valence-corrected chi connectivity index (χ1v) is 9.86. The molecule has 0 amide bonds. The second-order valence-electron chi connectivity index (χ2n) is 6.60. The van der Waals surface area contributed by atoms with Gasteiger partial charge in [0.1, 0.15) is 5.75 Å². The van der Waals surface area contributed by atoms with Gasteiger partial charge in [-0.3, -0.25) is 4.99 Å². The zero-order chi connectivity index (χ0) is 20.3. The summed E-state index contributed by atoms with van der Waals surface area (Å²) in [7, 11) is 3.43. The fourth-order valence-corrected chi connectivity index (χ4v) is 2.88. The number of benzene rings is 2. The van der Waals surface area contributed by atoms with E-state index >= 15 is 0 Å². The molecule has 0 aromatic heterocycles. The van der Waals surface area contributed by atoms with Crippen molar-refractivity contribution >= 4 is 11.6 Å². The summed E-state index contributed by atoms with van der Waals surface area (Å²) < 4.78 is 22.2. The average molecular weight is 399 g/mol. The van der Waals surface area contributed by atoms with Crippen molar-refractivity contribution in [3.63, 3.8) is 0 Å². The minimum absolute atomic E-state index is 0.615. The van der Waals surface area contributed by atoms with E-state index in [9.17, 15) is 0 Å². The first-order chi connectivity index (χ1) is 14.3. The van der Waals surface area contributed by atoms with Gasteiger partial charge in [0.05, 0.1) is 19.8 Å². The third-order valence-electron chi connectivity index (χ3n) is 4.35. The lowest BCUT2D eigenvalue weighted by atomic mass is 10.2. The van der Waals surface area contributed by atoms with E-state index < -0.39 is 0 Å². The topological polar surface area (TPSA) is 73.3 Å². The van der Waals surface area contributed by atoms with Crippen molar-refractivity contribution in [2.24, 2.45) is 4.99 Å². The quantitative estimate of drug-likeness (QED) is 0.402. The number of anilines is 1. The molecular formula is C22H29N3O4. The Labute approximate surface area is 172 Å². The number of rotatable bonds is 8. The van der Waals surface area contributed by atoms with Gasteiger partial charge >= 0.3 is 0 Å². The SMILES string of the molecule is CN=C(NCc1ccc2c(c1)OCCCO2)Nc1cccc(OCCCOC)c1. The van der Waals surface area contributed by atoms with Crippen LogP contribution in [0.5, 0.6) is 17.2 Å². The van der Waals surface area contributed by atoms with Gasteiger partial charge in [0.2, 0.25) is 0 Å². The van der Waals surface area contributed by atoms with Gasteiger partial charge in [0.15, 0.2) is 17.5 Å². The maximum absolute atomic E-state index is 5.76. The summed E-state index contributed by atoms with van der Waals surface area (Å²) in [5.74, 6) is 3.08. The average Bonchev–Trinajstić information content (AvgIpc) is 2.99. The number of aliphatic imine (C=N–C) groups is 1. The molecule has 1 aliphatic heterocycles. The van der Waals surface area contributed by atoms with Crippen LogP contribution in [0, 0.1) is 0 Å². The second-order valence-corrected chi connectivity index (χ2v) is 6.60. The normalized spacial score (nSPS) is 13.5. The number of methoxy groups -OCH3 is 1. The number of guanidine groups is 1. The molecule has 0 bridgehead atoms. The summed E-state index contributed by atoms with van der Waals surface area (Å²) in [6.45, 7) is 3.29. The van der Waals surface area contributed by atoms with Crippen molar-refractivity contribution in [2.75, 3.05) is 45.9 Å². The Morgan fingerprint density at radius 3 is 2.76 bits per heavy atom. The molecule has 0 saturated heterocycles. The largest absolute Gasteiger partial charge is 0.493 e. The first-order valence-electron chi connectivity index (χ1n) is 9.86. The Bertz CT molecular complexity index is 810. The van der Waals surface area contributed by atoms with E-state index in [2.05, 4.69) is 15.6 Å². The van der Waals surface area contributed by atoms with Crippen LogP contribution in [0.15, 0.2) is 47.5 Å². The molecule has 3 rings (SSSR count). The summed E-state index contributed by atoms with van der Waals surface area (Å²) in [6.07, 6.45) is 1.75. The third-order valence-corrected chi connectivity index (χ3v) is 4.35. The molecule has 0 saturated carbocycles. The highest BCUT2D eigenvalue weighted by atomic mass is 16.5. The van der Waals surface area contributed by atoms with Gasteiger partial charge in [0, 0.05) is 51.9 Å². The molecule has 7 nitrogen and oxygen atoms in total. The maximum atomic E-state index is 5.76. The van der Waals surface area contributed by atoms with Crippen molar-refractivity contribution in [1.82, 2.24) is 5.32 Å². The Morgan fingerprint density at radius 2 is 1.93 bits per heavy atom. The van der Waals surface area contributed by atoms with Crippen LogP contribution in [0.25, 0.3) is 0 Å². The third kappa shape index (κ3) is 6.57. The fraction of sp³-hybridized carbons (Fsp3) is 0.409. The molecule has 0 aliphatic carbocycles. The zero-order valence-electron chi connectivity index (χ0n) is 17.1. The smallest absolute Gasteiger partial charge is 0.195 e. The molecule has 2 aromatic rings. The Balaban J connectivity index is 1.54. The van der Waals surface area contributed by atoms with Crippen LogP contribution in [0.4, 0.5) is 5.69 Å². The molecule has 2 N–H and O–H groups in total. The summed E-state index contributed by atoms with van der Waals surface area (Å²) in [6, 6.07) is 13.8. The first kappa shape index (κ1) is 20.8. The van der Waals surface area contributed by atoms with E-state index in [0.29, 0.717) is 38.9 Å². The van der Waals surface area contributed by atoms with Gasteiger partial charge < -0.3 is 29.6 Å².